The maximum Gasteiger partial charge on any atom is 0.263 e. The molecule has 0 aliphatic heterocycles. The Morgan fingerprint density at radius 3 is 2.71 bits per heavy atom. The van der Waals surface area contributed by atoms with Crippen LogP contribution in [0.5, 0.6) is 5.75 Å². The molecule has 0 radical (unpaired) electrons. The third-order valence-electron chi connectivity index (χ3n) is 3.63. The van der Waals surface area contributed by atoms with Crippen molar-refractivity contribution >= 4 is 28.6 Å². The van der Waals surface area contributed by atoms with Crippen molar-refractivity contribution in [1.29, 1.82) is 0 Å². The van der Waals surface area contributed by atoms with Crippen molar-refractivity contribution in [2.24, 2.45) is 0 Å². The van der Waals surface area contributed by atoms with E-state index in [1.165, 1.54) is 11.3 Å². The fourth-order valence-electron chi connectivity index (χ4n) is 2.31. The molecule has 0 atom stereocenters. The lowest BCUT2D eigenvalue weighted by Crippen LogP contribution is -2.25. The molecule has 124 valence electrons. The molecule has 1 N–H and O–H groups in total. The minimum atomic E-state index is -0.0556. The van der Waals surface area contributed by atoms with Gasteiger partial charge in [-0.05, 0) is 42.5 Å². The summed E-state index contributed by atoms with van der Waals surface area (Å²) >= 11 is 3.07. The quantitative estimate of drug-likeness (QED) is 0.720. The van der Waals surface area contributed by atoms with E-state index in [0.29, 0.717) is 11.4 Å². The third kappa shape index (κ3) is 3.83. The highest BCUT2D eigenvalue weighted by atomic mass is 32.1. The first-order chi connectivity index (χ1) is 11.7. The standard InChI is InChI=1S/C18H18N2O2S2/c1-12-16(24-18(20-12)14-8-10-23-11-14)17(21)19-9-7-13-3-5-15(22-2)6-4-13/h3-6,8,10-11H,7,9H2,1-2H3,(H,19,21). The number of methoxy groups -OCH3 is 1. The Bertz CT molecular complexity index is 808. The zero-order valence-electron chi connectivity index (χ0n) is 13.5. The second-order valence-corrected chi connectivity index (χ2v) is 7.08. The minimum absolute atomic E-state index is 0.0556. The monoisotopic (exact) mass is 358 g/mol. The summed E-state index contributed by atoms with van der Waals surface area (Å²) in [6.07, 6.45) is 0.783. The van der Waals surface area contributed by atoms with Crippen LogP contribution in [0, 0.1) is 6.92 Å². The van der Waals surface area contributed by atoms with Crippen LogP contribution in [0.15, 0.2) is 41.1 Å². The van der Waals surface area contributed by atoms with Crippen LogP contribution in [-0.2, 0) is 6.42 Å². The number of ether oxygens (including phenoxy) is 1. The molecular weight excluding hydrogens is 340 g/mol. The van der Waals surface area contributed by atoms with Crippen LogP contribution in [-0.4, -0.2) is 24.5 Å². The van der Waals surface area contributed by atoms with Gasteiger partial charge in [-0.3, -0.25) is 4.79 Å². The molecule has 0 spiro atoms. The summed E-state index contributed by atoms with van der Waals surface area (Å²) in [5.41, 5.74) is 3.02. The van der Waals surface area contributed by atoms with Crippen molar-refractivity contribution in [2.75, 3.05) is 13.7 Å². The molecule has 0 fully saturated rings. The first-order valence-electron chi connectivity index (χ1n) is 7.58. The second kappa shape index (κ2) is 7.59. The van der Waals surface area contributed by atoms with Gasteiger partial charge >= 0.3 is 0 Å². The fourth-order valence-corrected chi connectivity index (χ4v) is 4.00. The third-order valence-corrected chi connectivity index (χ3v) is 5.52. The maximum atomic E-state index is 12.4. The van der Waals surface area contributed by atoms with E-state index in [9.17, 15) is 4.79 Å². The number of nitrogens with one attached hydrogen (secondary N) is 1. The summed E-state index contributed by atoms with van der Waals surface area (Å²) in [6, 6.07) is 9.90. The Balaban J connectivity index is 1.58. The van der Waals surface area contributed by atoms with Crippen LogP contribution in [0.25, 0.3) is 10.6 Å². The van der Waals surface area contributed by atoms with Gasteiger partial charge in [-0.2, -0.15) is 11.3 Å². The summed E-state index contributed by atoms with van der Waals surface area (Å²) in [6.45, 7) is 2.47. The number of carbonyl (C=O) groups is 1. The number of amides is 1. The van der Waals surface area contributed by atoms with Crippen molar-refractivity contribution in [3.63, 3.8) is 0 Å². The molecule has 1 aromatic carbocycles. The van der Waals surface area contributed by atoms with Gasteiger partial charge in [0.05, 0.1) is 12.8 Å². The summed E-state index contributed by atoms with van der Waals surface area (Å²) in [7, 11) is 1.65. The molecule has 6 heteroatoms. The van der Waals surface area contributed by atoms with Crippen LogP contribution in [0.3, 0.4) is 0 Å². The van der Waals surface area contributed by atoms with Gasteiger partial charge in [0.25, 0.3) is 5.91 Å². The first kappa shape index (κ1) is 16.7. The van der Waals surface area contributed by atoms with Gasteiger partial charge < -0.3 is 10.1 Å². The Morgan fingerprint density at radius 1 is 1.25 bits per heavy atom. The van der Waals surface area contributed by atoms with Crippen LogP contribution < -0.4 is 10.1 Å². The van der Waals surface area contributed by atoms with E-state index in [2.05, 4.69) is 10.3 Å². The number of rotatable bonds is 6. The summed E-state index contributed by atoms with van der Waals surface area (Å²) in [5, 5.41) is 7.94. The number of hydrogen-bond acceptors (Lipinski definition) is 5. The molecule has 2 heterocycles. The van der Waals surface area contributed by atoms with Gasteiger partial charge in [0, 0.05) is 17.5 Å². The van der Waals surface area contributed by atoms with E-state index < -0.39 is 0 Å². The highest BCUT2D eigenvalue weighted by Crippen LogP contribution is 2.29. The topological polar surface area (TPSA) is 51.2 Å². The maximum absolute atomic E-state index is 12.4. The lowest BCUT2D eigenvalue weighted by atomic mass is 10.1. The summed E-state index contributed by atoms with van der Waals surface area (Å²) < 4.78 is 5.14. The molecule has 0 aliphatic rings. The predicted octanol–water partition coefficient (Wildman–Crippen LogP) is 4.16. The molecule has 0 aliphatic carbocycles. The molecule has 2 aromatic heterocycles. The average molecular weight is 358 g/mol. The average Bonchev–Trinajstić information content (AvgIpc) is 3.25. The molecule has 0 unspecified atom stereocenters. The van der Waals surface area contributed by atoms with Crippen molar-refractivity contribution in [1.82, 2.24) is 10.3 Å². The number of thiazole rings is 1. The SMILES string of the molecule is COc1ccc(CCNC(=O)c2sc(-c3ccsc3)nc2C)cc1. The molecule has 0 bridgehead atoms. The molecule has 1 amide bonds. The van der Waals surface area contributed by atoms with Gasteiger partial charge in [-0.15, -0.1) is 11.3 Å². The van der Waals surface area contributed by atoms with Crippen molar-refractivity contribution in [3.8, 4) is 16.3 Å². The number of hydrogen-bond donors (Lipinski definition) is 1. The summed E-state index contributed by atoms with van der Waals surface area (Å²) in [4.78, 5) is 17.6. The lowest BCUT2D eigenvalue weighted by Gasteiger charge is -2.05. The molecule has 4 nitrogen and oxygen atoms in total. The molecule has 0 saturated carbocycles. The molecule has 3 aromatic rings. The van der Waals surface area contributed by atoms with E-state index in [4.69, 9.17) is 4.74 Å². The van der Waals surface area contributed by atoms with E-state index in [1.807, 2.05) is 48.0 Å². The molecular formula is C18H18N2O2S2. The van der Waals surface area contributed by atoms with Gasteiger partial charge in [-0.25, -0.2) is 4.98 Å². The Hall–Kier alpha value is -2.18. The van der Waals surface area contributed by atoms with Crippen LogP contribution in [0.2, 0.25) is 0 Å². The molecule has 3 rings (SSSR count). The first-order valence-corrected chi connectivity index (χ1v) is 9.34. The van der Waals surface area contributed by atoms with E-state index >= 15 is 0 Å². The van der Waals surface area contributed by atoms with Crippen LogP contribution >= 0.6 is 22.7 Å². The fraction of sp³-hybridized carbons (Fsp3) is 0.222. The van der Waals surface area contributed by atoms with E-state index in [1.54, 1.807) is 18.4 Å². The van der Waals surface area contributed by atoms with Crippen molar-refractivity contribution in [3.05, 3.63) is 57.2 Å². The normalized spacial score (nSPS) is 10.6. The Morgan fingerprint density at radius 2 is 2.04 bits per heavy atom. The van der Waals surface area contributed by atoms with Crippen molar-refractivity contribution < 1.29 is 9.53 Å². The number of thiophene rings is 1. The second-order valence-electron chi connectivity index (χ2n) is 5.30. The van der Waals surface area contributed by atoms with Gasteiger partial charge in [0.1, 0.15) is 15.6 Å². The molecule has 0 saturated heterocycles. The van der Waals surface area contributed by atoms with Crippen molar-refractivity contribution in [2.45, 2.75) is 13.3 Å². The smallest absolute Gasteiger partial charge is 0.263 e. The number of nitrogens with zero attached hydrogens (tertiary/aromatic N) is 1. The zero-order chi connectivity index (χ0) is 16.9. The van der Waals surface area contributed by atoms with Gasteiger partial charge in [0.2, 0.25) is 0 Å². The summed E-state index contributed by atoms with van der Waals surface area (Å²) in [5.74, 6) is 0.782. The predicted molar refractivity (Wildman–Crippen MR) is 99.2 cm³/mol. The Labute approximate surface area is 149 Å². The highest BCUT2D eigenvalue weighted by molar-refractivity contribution is 7.17. The molecule has 24 heavy (non-hydrogen) atoms. The van der Waals surface area contributed by atoms with E-state index in [-0.39, 0.29) is 5.91 Å². The zero-order valence-corrected chi connectivity index (χ0v) is 15.2. The van der Waals surface area contributed by atoms with Crippen LogP contribution in [0.1, 0.15) is 20.9 Å². The number of aromatic nitrogens is 1. The minimum Gasteiger partial charge on any atom is -0.497 e. The lowest BCUT2D eigenvalue weighted by molar-refractivity contribution is 0.0957. The number of carbonyl (C=O) groups excluding carboxylic acids is 1. The highest BCUT2D eigenvalue weighted by Gasteiger charge is 2.16. The van der Waals surface area contributed by atoms with Gasteiger partial charge in [-0.1, -0.05) is 12.1 Å². The number of aryl methyl sites for hydroxylation is 1. The largest absolute Gasteiger partial charge is 0.497 e. The Kier molecular flexibility index (Phi) is 5.27. The van der Waals surface area contributed by atoms with E-state index in [0.717, 1.165) is 34.0 Å². The number of benzene rings is 1. The van der Waals surface area contributed by atoms with Gasteiger partial charge in [0.15, 0.2) is 0 Å². The van der Waals surface area contributed by atoms with Crippen LogP contribution in [0.4, 0.5) is 0 Å².